The standard InChI is InChI=1S/C15H14N4O2S/c1-15(11-5-3-2-4-6-11)16-14(22)18(17-15)12-7-9-13(10-8-12)19(20)21/h2-10,17H,1H3,(H,16,22). The fraction of sp³-hybridized carbons (Fsp3) is 0.133. The Balaban J connectivity index is 1.87. The van der Waals surface area contributed by atoms with E-state index in [-0.39, 0.29) is 5.69 Å². The van der Waals surface area contributed by atoms with Gasteiger partial charge in [-0.05, 0) is 36.8 Å². The molecule has 2 N–H and O–H groups in total. The normalized spacial score (nSPS) is 20.8. The van der Waals surface area contributed by atoms with Gasteiger partial charge in [-0.2, -0.15) is 5.43 Å². The van der Waals surface area contributed by atoms with Crippen molar-refractivity contribution in [2.75, 3.05) is 5.01 Å². The Kier molecular flexibility index (Phi) is 3.51. The summed E-state index contributed by atoms with van der Waals surface area (Å²) in [6.07, 6.45) is 0. The van der Waals surface area contributed by atoms with Gasteiger partial charge in [0, 0.05) is 12.1 Å². The SMILES string of the molecule is CC1(c2ccccc2)NC(=S)N(c2ccc([N+](=O)[O-])cc2)N1. The molecule has 22 heavy (non-hydrogen) atoms. The van der Waals surface area contributed by atoms with Crippen molar-refractivity contribution in [3.63, 3.8) is 0 Å². The number of nitro groups is 1. The van der Waals surface area contributed by atoms with Gasteiger partial charge in [0.2, 0.25) is 0 Å². The molecule has 0 saturated carbocycles. The van der Waals surface area contributed by atoms with Gasteiger partial charge in [-0.1, -0.05) is 30.3 Å². The number of hydrogen-bond donors (Lipinski definition) is 2. The average Bonchev–Trinajstić information content (AvgIpc) is 2.84. The van der Waals surface area contributed by atoms with Gasteiger partial charge in [0.25, 0.3) is 5.69 Å². The van der Waals surface area contributed by atoms with Crippen LogP contribution in [0.4, 0.5) is 11.4 Å². The summed E-state index contributed by atoms with van der Waals surface area (Å²) in [6.45, 7) is 1.99. The summed E-state index contributed by atoms with van der Waals surface area (Å²) >= 11 is 5.37. The summed E-state index contributed by atoms with van der Waals surface area (Å²) in [5.74, 6) is 0. The molecule has 7 heteroatoms. The van der Waals surface area contributed by atoms with Crippen LogP contribution in [0.2, 0.25) is 0 Å². The predicted octanol–water partition coefficient (Wildman–Crippen LogP) is 2.67. The highest BCUT2D eigenvalue weighted by Gasteiger charge is 2.38. The van der Waals surface area contributed by atoms with Crippen molar-refractivity contribution >= 4 is 28.7 Å². The first kappa shape index (κ1) is 14.4. The molecular weight excluding hydrogens is 300 g/mol. The van der Waals surface area contributed by atoms with Gasteiger partial charge in [-0.3, -0.25) is 10.1 Å². The quantitative estimate of drug-likeness (QED) is 0.516. The summed E-state index contributed by atoms with van der Waals surface area (Å²) in [6, 6.07) is 16.1. The van der Waals surface area contributed by atoms with Crippen LogP contribution in [-0.4, -0.2) is 10.0 Å². The lowest BCUT2D eigenvalue weighted by molar-refractivity contribution is -0.384. The molecule has 0 aromatic heterocycles. The van der Waals surface area contributed by atoms with Crippen molar-refractivity contribution in [1.82, 2.24) is 10.7 Å². The zero-order valence-corrected chi connectivity index (χ0v) is 12.6. The van der Waals surface area contributed by atoms with Crippen LogP contribution < -0.4 is 15.8 Å². The fourth-order valence-electron chi connectivity index (χ4n) is 2.39. The number of anilines is 1. The molecule has 0 bridgehead atoms. The lowest BCUT2D eigenvalue weighted by Gasteiger charge is -2.26. The Morgan fingerprint density at radius 3 is 2.36 bits per heavy atom. The molecule has 1 atom stereocenters. The minimum Gasteiger partial charge on any atom is -0.338 e. The van der Waals surface area contributed by atoms with Crippen molar-refractivity contribution in [3.8, 4) is 0 Å². The average molecular weight is 314 g/mol. The van der Waals surface area contributed by atoms with Gasteiger partial charge < -0.3 is 5.32 Å². The van der Waals surface area contributed by atoms with Gasteiger partial charge in [0.05, 0.1) is 10.6 Å². The number of benzene rings is 2. The molecule has 2 aromatic rings. The van der Waals surface area contributed by atoms with Crippen molar-refractivity contribution in [2.45, 2.75) is 12.6 Å². The van der Waals surface area contributed by atoms with E-state index in [1.807, 2.05) is 37.3 Å². The largest absolute Gasteiger partial charge is 0.338 e. The molecule has 1 aliphatic heterocycles. The summed E-state index contributed by atoms with van der Waals surface area (Å²) in [5.41, 5.74) is 4.61. The molecular formula is C15H14N4O2S. The minimum atomic E-state index is -0.528. The molecule has 0 aliphatic carbocycles. The van der Waals surface area contributed by atoms with Crippen molar-refractivity contribution < 1.29 is 4.92 Å². The maximum Gasteiger partial charge on any atom is 0.269 e. The van der Waals surface area contributed by atoms with Crippen LogP contribution in [0.5, 0.6) is 0 Å². The summed E-state index contributed by atoms with van der Waals surface area (Å²) < 4.78 is 0. The molecule has 1 saturated heterocycles. The summed E-state index contributed by atoms with van der Waals surface area (Å²) in [4.78, 5) is 10.3. The second-order valence-corrected chi connectivity index (χ2v) is 5.53. The van der Waals surface area contributed by atoms with Crippen molar-refractivity contribution in [1.29, 1.82) is 0 Å². The third kappa shape index (κ3) is 2.51. The van der Waals surface area contributed by atoms with E-state index in [1.165, 1.54) is 12.1 Å². The fourth-order valence-corrected chi connectivity index (χ4v) is 2.74. The van der Waals surface area contributed by atoms with E-state index in [2.05, 4.69) is 10.7 Å². The third-order valence-corrected chi connectivity index (χ3v) is 3.85. The topological polar surface area (TPSA) is 70.4 Å². The molecule has 0 amide bonds. The lowest BCUT2D eigenvalue weighted by atomic mass is 10.0. The van der Waals surface area contributed by atoms with E-state index >= 15 is 0 Å². The van der Waals surface area contributed by atoms with Crippen LogP contribution >= 0.6 is 12.2 Å². The number of nitrogens with one attached hydrogen (secondary N) is 2. The van der Waals surface area contributed by atoms with Gasteiger partial charge in [0.15, 0.2) is 5.11 Å². The molecule has 1 fully saturated rings. The number of rotatable bonds is 3. The van der Waals surface area contributed by atoms with E-state index in [1.54, 1.807) is 17.1 Å². The van der Waals surface area contributed by atoms with Crippen LogP contribution in [0.3, 0.4) is 0 Å². The van der Waals surface area contributed by atoms with Crippen LogP contribution in [-0.2, 0) is 5.66 Å². The van der Waals surface area contributed by atoms with E-state index in [0.29, 0.717) is 5.11 Å². The van der Waals surface area contributed by atoms with Crippen molar-refractivity contribution in [2.24, 2.45) is 0 Å². The number of non-ortho nitro benzene ring substituents is 1. The number of nitro benzene ring substituents is 1. The van der Waals surface area contributed by atoms with Gasteiger partial charge >= 0.3 is 0 Å². The Bertz CT molecular complexity index is 720. The van der Waals surface area contributed by atoms with E-state index in [4.69, 9.17) is 12.2 Å². The van der Waals surface area contributed by atoms with E-state index < -0.39 is 10.6 Å². The number of nitrogens with zero attached hydrogens (tertiary/aromatic N) is 2. The summed E-state index contributed by atoms with van der Waals surface area (Å²) in [5, 5.41) is 16.2. The Hall–Kier alpha value is -2.51. The van der Waals surface area contributed by atoms with Crippen molar-refractivity contribution in [3.05, 3.63) is 70.3 Å². The first-order valence-electron chi connectivity index (χ1n) is 6.70. The number of hydrazine groups is 1. The van der Waals surface area contributed by atoms with Gasteiger partial charge in [-0.15, -0.1) is 0 Å². The molecule has 6 nitrogen and oxygen atoms in total. The van der Waals surface area contributed by atoms with Gasteiger partial charge in [0.1, 0.15) is 5.66 Å². The second-order valence-electron chi connectivity index (χ2n) is 5.14. The highest BCUT2D eigenvalue weighted by Crippen LogP contribution is 2.27. The Morgan fingerprint density at radius 1 is 1.14 bits per heavy atom. The highest BCUT2D eigenvalue weighted by molar-refractivity contribution is 7.80. The maximum absolute atomic E-state index is 10.7. The van der Waals surface area contributed by atoms with Gasteiger partial charge in [-0.25, -0.2) is 5.01 Å². The van der Waals surface area contributed by atoms with E-state index in [0.717, 1.165) is 11.3 Å². The third-order valence-electron chi connectivity index (χ3n) is 3.57. The molecule has 0 spiro atoms. The molecule has 112 valence electrons. The minimum absolute atomic E-state index is 0.0487. The zero-order chi connectivity index (χ0) is 15.7. The first-order valence-corrected chi connectivity index (χ1v) is 7.10. The molecule has 2 aromatic carbocycles. The van der Waals surface area contributed by atoms with Crippen LogP contribution in [0.25, 0.3) is 0 Å². The molecule has 1 heterocycles. The molecule has 0 radical (unpaired) electrons. The Morgan fingerprint density at radius 2 is 1.77 bits per heavy atom. The molecule has 1 aliphatic rings. The monoisotopic (exact) mass is 314 g/mol. The highest BCUT2D eigenvalue weighted by atomic mass is 32.1. The van der Waals surface area contributed by atoms with Crippen LogP contribution in [0.15, 0.2) is 54.6 Å². The smallest absolute Gasteiger partial charge is 0.269 e. The molecule has 3 rings (SSSR count). The van der Waals surface area contributed by atoms with E-state index in [9.17, 15) is 10.1 Å². The first-order chi connectivity index (χ1) is 10.5. The zero-order valence-electron chi connectivity index (χ0n) is 11.8. The second kappa shape index (κ2) is 5.36. The number of hydrogen-bond acceptors (Lipinski definition) is 4. The summed E-state index contributed by atoms with van der Waals surface area (Å²) in [7, 11) is 0. The predicted molar refractivity (Wildman–Crippen MR) is 88.2 cm³/mol. The molecule has 1 unspecified atom stereocenters. The van der Waals surface area contributed by atoms with Crippen LogP contribution in [0.1, 0.15) is 12.5 Å². The maximum atomic E-state index is 10.7. The Labute approximate surface area is 132 Å². The van der Waals surface area contributed by atoms with Crippen LogP contribution in [0, 0.1) is 10.1 Å². The number of thiocarbonyl (C=S) groups is 1. The lowest BCUT2D eigenvalue weighted by Crippen LogP contribution is -2.45.